The number of amides is 3. The summed E-state index contributed by atoms with van der Waals surface area (Å²) in [5.74, 6) is -2.66. The van der Waals surface area contributed by atoms with Crippen LogP contribution in [0.3, 0.4) is 0 Å². The van der Waals surface area contributed by atoms with E-state index in [0.717, 1.165) is 6.42 Å². The van der Waals surface area contributed by atoms with Gasteiger partial charge < -0.3 is 26.4 Å². The maximum absolute atomic E-state index is 13.3. The Kier molecular flexibility index (Phi) is 11.1. The molecule has 0 radical (unpaired) electrons. The molecule has 1 aliphatic rings. The second-order valence-electron chi connectivity index (χ2n) is 9.18. The van der Waals surface area contributed by atoms with E-state index in [2.05, 4.69) is 10.6 Å². The lowest BCUT2D eigenvalue weighted by Gasteiger charge is -2.33. The van der Waals surface area contributed by atoms with Crippen LogP contribution in [0.1, 0.15) is 73.6 Å². The van der Waals surface area contributed by atoms with E-state index in [4.69, 9.17) is 5.73 Å². The second-order valence-corrected chi connectivity index (χ2v) is 9.18. The van der Waals surface area contributed by atoms with Crippen LogP contribution in [-0.4, -0.2) is 64.4 Å². The summed E-state index contributed by atoms with van der Waals surface area (Å²) >= 11 is 0. The van der Waals surface area contributed by atoms with Crippen molar-refractivity contribution in [2.45, 2.75) is 97.8 Å². The van der Waals surface area contributed by atoms with Crippen molar-refractivity contribution in [1.29, 1.82) is 0 Å². The van der Waals surface area contributed by atoms with E-state index in [9.17, 15) is 24.3 Å². The van der Waals surface area contributed by atoms with Crippen molar-refractivity contribution < 1.29 is 24.3 Å². The third kappa shape index (κ3) is 6.92. The van der Waals surface area contributed by atoms with Crippen molar-refractivity contribution in [3.8, 4) is 0 Å². The fraction of sp³-hybridized carbons (Fsp3) is 0.826. The van der Waals surface area contributed by atoms with Crippen LogP contribution in [0.15, 0.2) is 0 Å². The number of carbonyl (C=O) groups excluding carboxylic acids is 3. The number of nitrogens with one attached hydrogen (secondary N) is 2. The lowest BCUT2D eigenvalue weighted by Crippen LogP contribution is -2.60. The Bertz CT molecular complexity index is 671. The Hall–Kier alpha value is -2.16. The Morgan fingerprint density at radius 1 is 0.906 bits per heavy atom. The molecule has 1 rings (SSSR count). The molecule has 1 heterocycles. The molecule has 184 valence electrons. The summed E-state index contributed by atoms with van der Waals surface area (Å²) in [5.41, 5.74) is 6.05. The van der Waals surface area contributed by atoms with Crippen LogP contribution < -0.4 is 16.4 Å². The van der Waals surface area contributed by atoms with Gasteiger partial charge >= 0.3 is 5.97 Å². The molecule has 7 atom stereocenters. The minimum Gasteiger partial charge on any atom is -0.480 e. The van der Waals surface area contributed by atoms with Crippen LogP contribution in [0.2, 0.25) is 0 Å². The standard InChI is InChI=1S/C23H42N4O5/c1-7-13(4)17(24)20(28)25-18(14(5)8-2)21(29)26-19(15(6)9-3)22(30)27-12-10-11-16(27)23(31)32/h13-19H,7-12,24H2,1-6H3,(H,25,28)(H,26,29)(H,31,32). The average Bonchev–Trinajstić information content (AvgIpc) is 3.28. The van der Waals surface area contributed by atoms with Gasteiger partial charge in [-0.15, -0.1) is 0 Å². The van der Waals surface area contributed by atoms with E-state index in [0.29, 0.717) is 32.2 Å². The number of rotatable bonds is 12. The molecule has 0 aromatic heterocycles. The number of nitrogens with two attached hydrogens (primary N) is 1. The van der Waals surface area contributed by atoms with Gasteiger partial charge in [0.2, 0.25) is 17.7 Å². The molecule has 0 saturated carbocycles. The first-order valence-electron chi connectivity index (χ1n) is 11.9. The highest BCUT2D eigenvalue weighted by Crippen LogP contribution is 2.22. The first-order chi connectivity index (χ1) is 15.0. The molecule has 9 nitrogen and oxygen atoms in total. The molecule has 0 aromatic rings. The van der Waals surface area contributed by atoms with Crippen molar-refractivity contribution in [1.82, 2.24) is 15.5 Å². The summed E-state index contributed by atoms with van der Waals surface area (Å²) in [5, 5.41) is 15.1. The Morgan fingerprint density at radius 3 is 1.91 bits per heavy atom. The molecule has 32 heavy (non-hydrogen) atoms. The predicted molar refractivity (Wildman–Crippen MR) is 123 cm³/mol. The van der Waals surface area contributed by atoms with E-state index < -0.39 is 42.0 Å². The van der Waals surface area contributed by atoms with Gasteiger partial charge in [-0.25, -0.2) is 4.79 Å². The van der Waals surface area contributed by atoms with Crippen LogP contribution in [0.4, 0.5) is 0 Å². The number of nitrogens with zero attached hydrogens (tertiary/aromatic N) is 1. The predicted octanol–water partition coefficient (Wildman–Crippen LogP) is 1.50. The SMILES string of the molecule is CCC(C)C(N)C(=O)NC(C(=O)NC(C(=O)N1CCCC1C(=O)O)C(C)CC)C(C)CC. The molecule has 1 saturated heterocycles. The summed E-state index contributed by atoms with van der Waals surface area (Å²) < 4.78 is 0. The van der Waals surface area contributed by atoms with Crippen LogP contribution in [0, 0.1) is 17.8 Å². The fourth-order valence-electron chi connectivity index (χ4n) is 3.86. The zero-order valence-corrected chi connectivity index (χ0v) is 20.4. The van der Waals surface area contributed by atoms with Crippen molar-refractivity contribution >= 4 is 23.7 Å². The Balaban J connectivity index is 3.07. The van der Waals surface area contributed by atoms with Crippen molar-refractivity contribution in [3.63, 3.8) is 0 Å². The summed E-state index contributed by atoms with van der Waals surface area (Å²) in [7, 11) is 0. The van der Waals surface area contributed by atoms with Crippen molar-refractivity contribution in [3.05, 3.63) is 0 Å². The zero-order valence-electron chi connectivity index (χ0n) is 20.4. The van der Waals surface area contributed by atoms with Gasteiger partial charge in [0.1, 0.15) is 18.1 Å². The van der Waals surface area contributed by atoms with Gasteiger partial charge in [-0.3, -0.25) is 14.4 Å². The summed E-state index contributed by atoms with van der Waals surface area (Å²) in [6, 6.07) is -3.30. The molecule has 5 N–H and O–H groups in total. The number of carboxylic acids is 1. The summed E-state index contributed by atoms with van der Waals surface area (Å²) in [4.78, 5) is 52.1. The van der Waals surface area contributed by atoms with Crippen LogP contribution in [-0.2, 0) is 19.2 Å². The third-order valence-corrected chi connectivity index (χ3v) is 6.95. The molecule has 1 fully saturated rings. The van der Waals surface area contributed by atoms with E-state index in [1.165, 1.54) is 4.90 Å². The summed E-state index contributed by atoms with van der Waals surface area (Å²) in [6.45, 7) is 11.7. The van der Waals surface area contributed by atoms with Crippen LogP contribution in [0.25, 0.3) is 0 Å². The van der Waals surface area contributed by atoms with Crippen LogP contribution >= 0.6 is 0 Å². The minimum absolute atomic E-state index is 0.0341. The zero-order chi connectivity index (χ0) is 24.6. The average molecular weight is 455 g/mol. The van der Waals surface area contributed by atoms with E-state index >= 15 is 0 Å². The van der Waals surface area contributed by atoms with E-state index in [-0.39, 0.29) is 23.7 Å². The van der Waals surface area contributed by atoms with Gasteiger partial charge in [0, 0.05) is 6.54 Å². The Labute approximate surface area is 191 Å². The molecule has 3 amide bonds. The molecule has 0 aliphatic carbocycles. The molecular formula is C23H42N4O5. The quantitative estimate of drug-likeness (QED) is 0.352. The van der Waals surface area contributed by atoms with Gasteiger partial charge in [0.05, 0.1) is 6.04 Å². The minimum atomic E-state index is -1.03. The number of hydrogen-bond donors (Lipinski definition) is 4. The number of aliphatic carboxylic acids is 1. The first kappa shape index (κ1) is 27.9. The lowest BCUT2D eigenvalue weighted by atomic mass is 9.93. The van der Waals surface area contributed by atoms with E-state index in [1.54, 1.807) is 0 Å². The highest BCUT2D eigenvalue weighted by molar-refractivity contribution is 5.94. The molecule has 0 aromatic carbocycles. The molecule has 0 spiro atoms. The van der Waals surface area contributed by atoms with Gasteiger partial charge in [-0.2, -0.15) is 0 Å². The summed E-state index contributed by atoms with van der Waals surface area (Å²) in [6.07, 6.45) is 3.03. The third-order valence-electron chi connectivity index (χ3n) is 6.95. The molecule has 1 aliphatic heterocycles. The smallest absolute Gasteiger partial charge is 0.326 e. The maximum atomic E-state index is 13.3. The maximum Gasteiger partial charge on any atom is 0.326 e. The number of carboxylic acid groups (broad SMARTS) is 1. The highest BCUT2D eigenvalue weighted by Gasteiger charge is 2.40. The normalized spacial score (nSPS) is 21.7. The van der Waals surface area contributed by atoms with Gasteiger partial charge in [-0.05, 0) is 30.6 Å². The molecule has 0 bridgehead atoms. The van der Waals surface area contributed by atoms with E-state index in [1.807, 2.05) is 41.5 Å². The molecule has 7 unspecified atom stereocenters. The number of carbonyl (C=O) groups is 4. The second kappa shape index (κ2) is 12.8. The van der Waals surface area contributed by atoms with Gasteiger partial charge in [0.25, 0.3) is 0 Å². The topological polar surface area (TPSA) is 142 Å². The fourth-order valence-corrected chi connectivity index (χ4v) is 3.86. The van der Waals surface area contributed by atoms with Crippen molar-refractivity contribution in [2.75, 3.05) is 6.54 Å². The van der Waals surface area contributed by atoms with Crippen LogP contribution in [0.5, 0.6) is 0 Å². The molecular weight excluding hydrogens is 412 g/mol. The van der Waals surface area contributed by atoms with Crippen molar-refractivity contribution in [2.24, 2.45) is 23.5 Å². The van der Waals surface area contributed by atoms with Gasteiger partial charge in [0.15, 0.2) is 0 Å². The lowest BCUT2D eigenvalue weighted by molar-refractivity contribution is -0.150. The number of likely N-dealkylation sites (tertiary alicyclic amines) is 1. The Morgan fingerprint density at radius 2 is 1.41 bits per heavy atom. The number of hydrogen-bond acceptors (Lipinski definition) is 5. The van der Waals surface area contributed by atoms with Gasteiger partial charge in [-0.1, -0.05) is 60.8 Å². The first-order valence-corrected chi connectivity index (χ1v) is 11.9. The largest absolute Gasteiger partial charge is 0.480 e. The monoisotopic (exact) mass is 454 g/mol. The molecule has 9 heteroatoms. The highest BCUT2D eigenvalue weighted by atomic mass is 16.4.